The van der Waals surface area contributed by atoms with E-state index < -0.39 is 11.6 Å². The predicted octanol–water partition coefficient (Wildman–Crippen LogP) is 2.63. The van der Waals surface area contributed by atoms with Gasteiger partial charge in [0.05, 0.1) is 12.1 Å². The molecule has 0 radical (unpaired) electrons. The number of likely N-dealkylation sites (tertiary alicyclic amines) is 1. The number of nitrogens with zero attached hydrogens (tertiary/aromatic N) is 1. The van der Waals surface area contributed by atoms with Crippen LogP contribution in [0.15, 0.2) is 18.2 Å². The summed E-state index contributed by atoms with van der Waals surface area (Å²) >= 11 is 0. The average molecular weight is 239 g/mol. The zero-order chi connectivity index (χ0) is 12.3. The molecule has 1 aliphatic rings. The van der Waals surface area contributed by atoms with Crippen molar-refractivity contribution in [2.45, 2.75) is 19.3 Å². The molecule has 0 unspecified atom stereocenters. The van der Waals surface area contributed by atoms with Gasteiger partial charge in [0.1, 0.15) is 11.6 Å². The van der Waals surface area contributed by atoms with Crippen LogP contribution in [0.3, 0.4) is 0 Å². The van der Waals surface area contributed by atoms with Gasteiger partial charge in [-0.3, -0.25) is 9.69 Å². The van der Waals surface area contributed by atoms with E-state index in [1.165, 1.54) is 12.5 Å². The van der Waals surface area contributed by atoms with Crippen LogP contribution in [0.2, 0.25) is 0 Å². The first-order valence-corrected chi connectivity index (χ1v) is 5.87. The Morgan fingerprint density at radius 2 is 1.88 bits per heavy atom. The molecule has 1 heterocycles. The fourth-order valence-corrected chi connectivity index (χ4v) is 2.12. The van der Waals surface area contributed by atoms with Gasteiger partial charge >= 0.3 is 0 Å². The molecule has 0 aliphatic carbocycles. The number of piperidine rings is 1. The SMILES string of the molecule is O=C(CN1CCCCC1)c1ccc(F)cc1F. The molecule has 0 aromatic heterocycles. The third kappa shape index (κ3) is 3.09. The van der Waals surface area contributed by atoms with E-state index in [0.717, 1.165) is 38.1 Å². The van der Waals surface area contributed by atoms with E-state index in [4.69, 9.17) is 0 Å². The molecule has 0 spiro atoms. The van der Waals surface area contributed by atoms with Gasteiger partial charge in [0.15, 0.2) is 5.78 Å². The molecule has 4 heteroatoms. The Balaban J connectivity index is 2.03. The monoisotopic (exact) mass is 239 g/mol. The first-order chi connectivity index (χ1) is 8.16. The van der Waals surface area contributed by atoms with Gasteiger partial charge in [-0.2, -0.15) is 0 Å². The summed E-state index contributed by atoms with van der Waals surface area (Å²) < 4.78 is 26.1. The molecule has 0 bridgehead atoms. The fraction of sp³-hybridized carbons (Fsp3) is 0.462. The number of carbonyl (C=O) groups excluding carboxylic acids is 1. The van der Waals surface area contributed by atoms with Crippen LogP contribution < -0.4 is 0 Å². The summed E-state index contributed by atoms with van der Waals surface area (Å²) in [5, 5.41) is 0. The first kappa shape index (κ1) is 12.2. The van der Waals surface area contributed by atoms with Crippen molar-refractivity contribution >= 4 is 5.78 Å². The van der Waals surface area contributed by atoms with Gasteiger partial charge < -0.3 is 0 Å². The Morgan fingerprint density at radius 1 is 1.18 bits per heavy atom. The number of halogens is 2. The van der Waals surface area contributed by atoms with Crippen LogP contribution >= 0.6 is 0 Å². The molecule has 1 aromatic rings. The Morgan fingerprint density at radius 3 is 2.53 bits per heavy atom. The lowest BCUT2D eigenvalue weighted by atomic mass is 10.1. The molecule has 1 fully saturated rings. The van der Waals surface area contributed by atoms with Gasteiger partial charge in [0.25, 0.3) is 0 Å². The van der Waals surface area contributed by atoms with Crippen LogP contribution in [0.5, 0.6) is 0 Å². The highest BCUT2D eigenvalue weighted by Gasteiger charge is 2.17. The van der Waals surface area contributed by atoms with Crippen molar-refractivity contribution in [3.63, 3.8) is 0 Å². The maximum atomic E-state index is 13.4. The number of hydrogen-bond donors (Lipinski definition) is 0. The first-order valence-electron chi connectivity index (χ1n) is 5.87. The van der Waals surface area contributed by atoms with Gasteiger partial charge in [0, 0.05) is 6.07 Å². The number of rotatable bonds is 3. The lowest BCUT2D eigenvalue weighted by Crippen LogP contribution is -2.34. The third-order valence-electron chi connectivity index (χ3n) is 3.05. The molecule has 1 aromatic carbocycles. The van der Waals surface area contributed by atoms with Crippen LogP contribution in [0.4, 0.5) is 8.78 Å². The summed E-state index contributed by atoms with van der Waals surface area (Å²) in [6, 6.07) is 3.09. The van der Waals surface area contributed by atoms with Crippen LogP contribution in [0.25, 0.3) is 0 Å². The number of Topliss-reactive ketones (excluding diaryl/α,β-unsaturated/α-hetero) is 1. The molecule has 0 saturated carbocycles. The zero-order valence-electron chi connectivity index (χ0n) is 9.59. The Bertz CT molecular complexity index is 414. The Kier molecular flexibility index (Phi) is 3.84. The van der Waals surface area contributed by atoms with Crippen LogP contribution in [0.1, 0.15) is 29.6 Å². The highest BCUT2D eigenvalue weighted by Crippen LogP contribution is 2.13. The minimum Gasteiger partial charge on any atom is -0.296 e. The molecule has 0 N–H and O–H groups in total. The van der Waals surface area contributed by atoms with Gasteiger partial charge in [-0.25, -0.2) is 8.78 Å². The molecule has 0 atom stereocenters. The fourth-order valence-electron chi connectivity index (χ4n) is 2.12. The van der Waals surface area contributed by atoms with E-state index in [9.17, 15) is 13.6 Å². The van der Waals surface area contributed by atoms with E-state index >= 15 is 0 Å². The maximum absolute atomic E-state index is 13.4. The molecule has 2 nitrogen and oxygen atoms in total. The highest BCUT2D eigenvalue weighted by atomic mass is 19.1. The maximum Gasteiger partial charge on any atom is 0.179 e. The van der Waals surface area contributed by atoms with Crippen LogP contribution in [-0.4, -0.2) is 30.3 Å². The summed E-state index contributed by atoms with van der Waals surface area (Å²) in [6.45, 7) is 1.99. The Labute approximate surface area is 99.2 Å². The second-order valence-electron chi connectivity index (χ2n) is 4.38. The predicted molar refractivity (Wildman–Crippen MR) is 61.0 cm³/mol. The summed E-state index contributed by atoms with van der Waals surface area (Å²) in [5.74, 6) is -1.70. The molecular weight excluding hydrogens is 224 g/mol. The smallest absolute Gasteiger partial charge is 0.179 e. The van der Waals surface area contributed by atoms with Gasteiger partial charge in [-0.05, 0) is 38.1 Å². The summed E-state index contributed by atoms with van der Waals surface area (Å²) in [7, 11) is 0. The van der Waals surface area contributed by atoms with E-state index in [0.29, 0.717) is 0 Å². The minimum atomic E-state index is -0.771. The molecule has 2 rings (SSSR count). The van der Waals surface area contributed by atoms with Crippen molar-refractivity contribution in [1.82, 2.24) is 4.90 Å². The van der Waals surface area contributed by atoms with Crippen LogP contribution in [0, 0.1) is 11.6 Å². The van der Waals surface area contributed by atoms with Crippen LogP contribution in [-0.2, 0) is 0 Å². The van der Waals surface area contributed by atoms with Crippen molar-refractivity contribution < 1.29 is 13.6 Å². The largest absolute Gasteiger partial charge is 0.296 e. The molecule has 1 saturated heterocycles. The van der Waals surface area contributed by atoms with Gasteiger partial charge in [-0.1, -0.05) is 6.42 Å². The molecular formula is C13H15F2NO. The lowest BCUT2D eigenvalue weighted by molar-refractivity contribution is 0.0911. The molecule has 17 heavy (non-hydrogen) atoms. The van der Waals surface area contributed by atoms with Gasteiger partial charge in [0.2, 0.25) is 0 Å². The third-order valence-corrected chi connectivity index (χ3v) is 3.05. The Hall–Kier alpha value is -1.29. The van der Waals surface area contributed by atoms with Crippen molar-refractivity contribution in [2.75, 3.05) is 19.6 Å². The number of carbonyl (C=O) groups is 1. The second kappa shape index (κ2) is 5.36. The summed E-state index contributed by atoms with van der Waals surface area (Å²) in [4.78, 5) is 13.9. The van der Waals surface area contributed by atoms with Crippen molar-refractivity contribution in [2.24, 2.45) is 0 Å². The number of ketones is 1. The van der Waals surface area contributed by atoms with E-state index in [1.807, 2.05) is 4.90 Å². The quantitative estimate of drug-likeness (QED) is 0.756. The standard InChI is InChI=1S/C13H15F2NO/c14-10-4-5-11(12(15)8-10)13(17)9-16-6-2-1-3-7-16/h4-5,8H,1-3,6-7,9H2. The summed E-state index contributed by atoms with van der Waals surface area (Å²) in [6.07, 6.45) is 3.36. The number of benzene rings is 1. The summed E-state index contributed by atoms with van der Waals surface area (Å²) in [5.41, 5.74) is -0.0167. The minimum absolute atomic E-state index is 0.0167. The topological polar surface area (TPSA) is 20.3 Å². The molecule has 92 valence electrons. The van der Waals surface area contributed by atoms with Crippen molar-refractivity contribution in [3.8, 4) is 0 Å². The second-order valence-corrected chi connectivity index (χ2v) is 4.38. The molecule has 0 amide bonds. The molecule has 1 aliphatic heterocycles. The van der Waals surface area contributed by atoms with E-state index in [1.54, 1.807) is 0 Å². The number of hydrogen-bond acceptors (Lipinski definition) is 2. The normalized spacial score (nSPS) is 17.1. The lowest BCUT2D eigenvalue weighted by Gasteiger charge is -2.25. The average Bonchev–Trinajstić information content (AvgIpc) is 2.30. The van der Waals surface area contributed by atoms with E-state index in [2.05, 4.69) is 0 Å². The van der Waals surface area contributed by atoms with Crippen molar-refractivity contribution in [3.05, 3.63) is 35.4 Å². The van der Waals surface area contributed by atoms with Gasteiger partial charge in [-0.15, -0.1) is 0 Å². The highest BCUT2D eigenvalue weighted by molar-refractivity contribution is 5.97. The van der Waals surface area contributed by atoms with E-state index in [-0.39, 0.29) is 17.9 Å². The zero-order valence-corrected chi connectivity index (χ0v) is 9.59. The van der Waals surface area contributed by atoms with Crippen molar-refractivity contribution in [1.29, 1.82) is 0 Å².